The molecular formula is C18H15ClN2O4. The van der Waals surface area contributed by atoms with E-state index in [-0.39, 0.29) is 5.76 Å². The second kappa shape index (κ2) is 7.27. The fraction of sp³-hybridized carbons (Fsp3) is 0.111. The van der Waals surface area contributed by atoms with Crippen molar-refractivity contribution in [3.63, 3.8) is 0 Å². The van der Waals surface area contributed by atoms with Crippen molar-refractivity contribution in [3.05, 3.63) is 64.9 Å². The number of carbonyl (C=O) groups is 2. The largest absolute Gasteiger partial charge is 0.494 e. The molecule has 0 aliphatic carbocycles. The van der Waals surface area contributed by atoms with Gasteiger partial charge in [0, 0.05) is 16.0 Å². The van der Waals surface area contributed by atoms with Gasteiger partial charge in [0.15, 0.2) is 5.76 Å². The van der Waals surface area contributed by atoms with Crippen LogP contribution in [0.2, 0.25) is 5.02 Å². The van der Waals surface area contributed by atoms with E-state index in [4.69, 9.17) is 20.8 Å². The number of benzene rings is 2. The number of ether oxygens (including phenoxy) is 1. The monoisotopic (exact) mass is 358 g/mol. The fourth-order valence-electron chi connectivity index (χ4n) is 2.24. The third-order valence-electron chi connectivity index (χ3n) is 3.42. The molecule has 3 rings (SSSR count). The number of hydrogen-bond donors (Lipinski definition) is 2. The number of furan rings is 1. The number of fused-ring (bicyclic) bond motifs is 1. The Balaban J connectivity index is 1.63. The summed E-state index contributed by atoms with van der Waals surface area (Å²) in [4.78, 5) is 24.2. The Hall–Kier alpha value is -2.99. The molecule has 1 heterocycles. The molecule has 2 amide bonds. The second-order valence-electron chi connectivity index (χ2n) is 5.16. The molecule has 0 aliphatic rings. The summed E-state index contributed by atoms with van der Waals surface area (Å²) in [6, 6.07) is 13.2. The van der Waals surface area contributed by atoms with Crippen LogP contribution in [0.1, 0.15) is 27.8 Å². The first-order valence-corrected chi connectivity index (χ1v) is 7.97. The molecule has 0 saturated carbocycles. The number of halogens is 1. The summed E-state index contributed by atoms with van der Waals surface area (Å²) in [6.45, 7) is 2.42. The normalized spacial score (nSPS) is 10.5. The molecule has 0 atom stereocenters. The molecule has 2 aromatic carbocycles. The first kappa shape index (κ1) is 16.9. The highest BCUT2D eigenvalue weighted by molar-refractivity contribution is 6.31. The van der Waals surface area contributed by atoms with Crippen molar-refractivity contribution in [1.82, 2.24) is 10.9 Å². The summed E-state index contributed by atoms with van der Waals surface area (Å²) in [7, 11) is 0. The Morgan fingerprint density at radius 1 is 1.04 bits per heavy atom. The van der Waals surface area contributed by atoms with Gasteiger partial charge in [0.25, 0.3) is 5.91 Å². The molecule has 7 heteroatoms. The zero-order valence-corrected chi connectivity index (χ0v) is 14.1. The molecule has 0 aliphatic heterocycles. The van der Waals surface area contributed by atoms with E-state index in [0.29, 0.717) is 33.9 Å². The Morgan fingerprint density at radius 2 is 1.76 bits per heavy atom. The number of nitrogens with one attached hydrogen (secondary N) is 2. The molecule has 3 aromatic rings. The van der Waals surface area contributed by atoms with Crippen molar-refractivity contribution < 1.29 is 18.7 Å². The highest BCUT2D eigenvalue weighted by atomic mass is 35.5. The minimum atomic E-state index is -0.563. The lowest BCUT2D eigenvalue weighted by atomic mass is 10.2. The maximum absolute atomic E-state index is 12.1. The van der Waals surface area contributed by atoms with Gasteiger partial charge in [0.2, 0.25) is 0 Å². The first-order valence-electron chi connectivity index (χ1n) is 7.59. The zero-order valence-electron chi connectivity index (χ0n) is 13.3. The molecule has 6 nitrogen and oxygen atoms in total. The van der Waals surface area contributed by atoms with E-state index in [9.17, 15) is 9.59 Å². The Morgan fingerprint density at radius 3 is 2.48 bits per heavy atom. The number of hydrazine groups is 1. The molecular weight excluding hydrogens is 344 g/mol. The molecule has 0 fully saturated rings. The van der Waals surface area contributed by atoms with E-state index >= 15 is 0 Å². The lowest BCUT2D eigenvalue weighted by molar-refractivity contribution is 0.0832. The van der Waals surface area contributed by atoms with Gasteiger partial charge in [-0.15, -0.1) is 0 Å². The zero-order chi connectivity index (χ0) is 17.8. The quantitative estimate of drug-likeness (QED) is 0.699. The highest BCUT2D eigenvalue weighted by Crippen LogP contribution is 2.22. The average Bonchev–Trinajstić information content (AvgIpc) is 3.03. The van der Waals surface area contributed by atoms with Gasteiger partial charge in [-0.1, -0.05) is 11.6 Å². The van der Waals surface area contributed by atoms with Crippen LogP contribution in [0.15, 0.2) is 52.9 Å². The van der Waals surface area contributed by atoms with Crippen molar-refractivity contribution in [2.24, 2.45) is 0 Å². The van der Waals surface area contributed by atoms with Gasteiger partial charge < -0.3 is 9.15 Å². The third kappa shape index (κ3) is 3.92. The smallest absolute Gasteiger partial charge is 0.305 e. The molecule has 2 N–H and O–H groups in total. The Bertz CT molecular complexity index is 918. The van der Waals surface area contributed by atoms with Crippen molar-refractivity contribution in [2.45, 2.75) is 6.92 Å². The van der Waals surface area contributed by atoms with E-state index < -0.39 is 11.8 Å². The summed E-state index contributed by atoms with van der Waals surface area (Å²) >= 11 is 5.90. The van der Waals surface area contributed by atoms with Gasteiger partial charge in [-0.25, -0.2) is 0 Å². The summed E-state index contributed by atoms with van der Waals surface area (Å²) in [6.07, 6.45) is 0. The highest BCUT2D eigenvalue weighted by Gasteiger charge is 2.14. The molecule has 0 spiro atoms. The van der Waals surface area contributed by atoms with Crippen LogP contribution in [0.25, 0.3) is 11.0 Å². The van der Waals surface area contributed by atoms with Crippen LogP contribution in [0.5, 0.6) is 5.75 Å². The predicted molar refractivity (Wildman–Crippen MR) is 93.8 cm³/mol. The van der Waals surface area contributed by atoms with Crippen molar-refractivity contribution in [3.8, 4) is 5.75 Å². The number of carbonyl (C=O) groups excluding carboxylic acids is 2. The lowest BCUT2D eigenvalue weighted by Crippen LogP contribution is -2.41. The molecule has 25 heavy (non-hydrogen) atoms. The Kier molecular flexibility index (Phi) is 4.90. The molecule has 0 bridgehead atoms. The summed E-state index contributed by atoms with van der Waals surface area (Å²) in [5.41, 5.74) is 5.58. The molecule has 1 aromatic heterocycles. The number of rotatable bonds is 4. The maximum atomic E-state index is 12.1. The predicted octanol–water partition coefficient (Wildman–Crippen LogP) is 3.56. The lowest BCUT2D eigenvalue weighted by Gasteiger charge is -2.07. The summed E-state index contributed by atoms with van der Waals surface area (Å²) < 4.78 is 10.7. The van der Waals surface area contributed by atoms with Gasteiger partial charge in [0.1, 0.15) is 11.3 Å². The van der Waals surface area contributed by atoms with E-state index in [2.05, 4.69) is 10.9 Å². The van der Waals surface area contributed by atoms with Gasteiger partial charge in [-0.2, -0.15) is 0 Å². The average molecular weight is 359 g/mol. The van der Waals surface area contributed by atoms with Crippen LogP contribution in [-0.4, -0.2) is 18.4 Å². The minimum Gasteiger partial charge on any atom is -0.494 e. The van der Waals surface area contributed by atoms with Crippen molar-refractivity contribution >= 4 is 34.4 Å². The fourth-order valence-corrected chi connectivity index (χ4v) is 2.42. The van der Waals surface area contributed by atoms with Gasteiger partial charge >= 0.3 is 5.91 Å². The summed E-state index contributed by atoms with van der Waals surface area (Å²) in [5.74, 6) is -0.268. The SMILES string of the molecule is CCOc1ccc(C(=O)NNC(=O)c2cc3cc(Cl)ccc3o2)cc1. The Labute approximate surface area is 148 Å². The minimum absolute atomic E-state index is 0.0734. The number of hydrogen-bond acceptors (Lipinski definition) is 4. The molecule has 0 radical (unpaired) electrons. The topological polar surface area (TPSA) is 80.6 Å². The second-order valence-corrected chi connectivity index (χ2v) is 5.59. The van der Waals surface area contributed by atoms with Gasteiger partial charge in [-0.05, 0) is 55.5 Å². The first-order chi connectivity index (χ1) is 12.1. The summed E-state index contributed by atoms with van der Waals surface area (Å²) in [5, 5.41) is 1.25. The van der Waals surface area contributed by atoms with Crippen LogP contribution in [0, 0.1) is 0 Å². The van der Waals surface area contributed by atoms with Crippen LogP contribution >= 0.6 is 11.6 Å². The van der Waals surface area contributed by atoms with E-state index in [1.165, 1.54) is 0 Å². The van der Waals surface area contributed by atoms with Crippen molar-refractivity contribution in [1.29, 1.82) is 0 Å². The van der Waals surface area contributed by atoms with Gasteiger partial charge in [0.05, 0.1) is 6.61 Å². The standard InChI is InChI=1S/C18H15ClN2O4/c1-2-24-14-6-3-11(4-7-14)17(22)20-21-18(23)16-10-12-9-13(19)5-8-15(12)25-16/h3-10H,2H2,1H3,(H,20,22)(H,21,23). The van der Waals surface area contributed by atoms with E-state index in [0.717, 1.165) is 0 Å². The van der Waals surface area contributed by atoms with Crippen LogP contribution < -0.4 is 15.6 Å². The number of amides is 2. The van der Waals surface area contributed by atoms with Crippen LogP contribution in [-0.2, 0) is 0 Å². The molecule has 0 unspecified atom stereocenters. The van der Waals surface area contributed by atoms with Gasteiger partial charge in [-0.3, -0.25) is 20.4 Å². The van der Waals surface area contributed by atoms with E-state index in [1.807, 2.05) is 6.92 Å². The maximum Gasteiger partial charge on any atom is 0.305 e. The molecule has 128 valence electrons. The van der Waals surface area contributed by atoms with Crippen LogP contribution in [0.4, 0.5) is 0 Å². The molecule has 0 saturated heterocycles. The van der Waals surface area contributed by atoms with E-state index in [1.54, 1.807) is 48.5 Å². The third-order valence-corrected chi connectivity index (χ3v) is 3.65. The van der Waals surface area contributed by atoms with Crippen LogP contribution in [0.3, 0.4) is 0 Å². The van der Waals surface area contributed by atoms with Crippen molar-refractivity contribution in [2.75, 3.05) is 6.61 Å².